The summed E-state index contributed by atoms with van der Waals surface area (Å²) in [4.78, 5) is 3.99. The number of rotatable bonds is 2. The quantitative estimate of drug-likeness (QED) is 0.728. The van der Waals surface area contributed by atoms with Crippen molar-refractivity contribution in [3.05, 3.63) is 59.0 Å². The van der Waals surface area contributed by atoms with Crippen LogP contribution in [0.2, 0.25) is 5.02 Å². The van der Waals surface area contributed by atoms with Gasteiger partial charge in [0.25, 0.3) is 0 Å². The minimum absolute atomic E-state index is 0.274. The Morgan fingerprint density at radius 2 is 1.95 bits per heavy atom. The van der Waals surface area contributed by atoms with Crippen molar-refractivity contribution in [3.63, 3.8) is 0 Å². The monoisotopic (exact) mass is 295 g/mol. The summed E-state index contributed by atoms with van der Waals surface area (Å²) in [5, 5.41) is 18.0. The van der Waals surface area contributed by atoms with Gasteiger partial charge in [-0.15, -0.1) is 5.10 Å². The molecular weight excluding hydrogens is 286 g/mol. The molecule has 0 aliphatic heterocycles. The minimum Gasteiger partial charge on any atom is -0.265 e. The van der Waals surface area contributed by atoms with E-state index >= 15 is 0 Å². The van der Waals surface area contributed by atoms with Gasteiger partial charge in [0, 0.05) is 23.0 Å². The number of aromatic nitrogens is 4. The second kappa shape index (κ2) is 5.35. The summed E-state index contributed by atoms with van der Waals surface area (Å²) in [6, 6.07) is 11.2. The molecule has 3 aromatic rings. The van der Waals surface area contributed by atoms with Crippen molar-refractivity contribution in [2.75, 3.05) is 0 Å². The van der Waals surface area contributed by atoms with Crippen LogP contribution in [0.5, 0.6) is 0 Å². The Kier molecular flexibility index (Phi) is 3.38. The summed E-state index contributed by atoms with van der Waals surface area (Å²) < 4.78 is 1.65. The van der Waals surface area contributed by atoms with Gasteiger partial charge in [-0.05, 0) is 42.8 Å². The summed E-state index contributed by atoms with van der Waals surface area (Å²) in [6.45, 7) is 1.94. The second-order valence-corrected chi connectivity index (χ2v) is 4.91. The van der Waals surface area contributed by atoms with Crippen LogP contribution < -0.4 is 0 Å². The maximum absolute atomic E-state index is 9.25. The first-order valence-electron chi connectivity index (χ1n) is 6.23. The van der Waals surface area contributed by atoms with Crippen LogP contribution in [-0.2, 0) is 0 Å². The van der Waals surface area contributed by atoms with Gasteiger partial charge >= 0.3 is 0 Å². The second-order valence-electron chi connectivity index (χ2n) is 4.48. The molecule has 0 bridgehead atoms. The van der Waals surface area contributed by atoms with Gasteiger partial charge in [0.2, 0.25) is 0 Å². The number of halogens is 1. The van der Waals surface area contributed by atoms with Crippen molar-refractivity contribution >= 4 is 11.6 Å². The van der Waals surface area contributed by atoms with Crippen LogP contribution in [-0.4, -0.2) is 20.0 Å². The number of pyridine rings is 1. The van der Waals surface area contributed by atoms with Crippen LogP contribution in [0.4, 0.5) is 0 Å². The van der Waals surface area contributed by atoms with Crippen molar-refractivity contribution in [1.29, 1.82) is 5.26 Å². The molecule has 0 aliphatic rings. The van der Waals surface area contributed by atoms with Crippen LogP contribution in [0, 0.1) is 18.3 Å². The molecule has 2 aromatic heterocycles. The molecular formula is C15H10ClN5. The van der Waals surface area contributed by atoms with Crippen molar-refractivity contribution in [2.45, 2.75) is 6.92 Å². The lowest BCUT2D eigenvalue weighted by Crippen LogP contribution is -2.02. The van der Waals surface area contributed by atoms with E-state index in [1.165, 1.54) is 0 Å². The zero-order chi connectivity index (χ0) is 14.8. The van der Waals surface area contributed by atoms with E-state index in [1.54, 1.807) is 23.1 Å². The smallest absolute Gasteiger partial charge is 0.191 e. The fraction of sp³-hybridized carbons (Fsp3) is 0.0667. The molecule has 1 aromatic carbocycles. The van der Waals surface area contributed by atoms with Gasteiger partial charge in [-0.25, -0.2) is 4.68 Å². The van der Waals surface area contributed by atoms with Crippen LogP contribution in [0.3, 0.4) is 0 Å². The molecule has 102 valence electrons. The molecule has 3 rings (SSSR count). The molecule has 5 nitrogen and oxygen atoms in total. The summed E-state index contributed by atoms with van der Waals surface area (Å²) in [5.41, 5.74) is 3.54. The van der Waals surface area contributed by atoms with Gasteiger partial charge in [-0.3, -0.25) is 4.98 Å². The Bertz CT molecular complexity index is 833. The molecule has 6 heteroatoms. The number of aryl methyl sites for hydroxylation is 1. The van der Waals surface area contributed by atoms with E-state index in [9.17, 15) is 5.26 Å². The first-order chi connectivity index (χ1) is 10.2. The number of benzene rings is 1. The summed E-state index contributed by atoms with van der Waals surface area (Å²) in [6.07, 6.45) is 3.34. The van der Waals surface area contributed by atoms with E-state index in [0.29, 0.717) is 10.7 Å². The molecule has 0 aliphatic carbocycles. The molecule has 0 fully saturated rings. The van der Waals surface area contributed by atoms with E-state index in [4.69, 9.17) is 11.6 Å². The largest absolute Gasteiger partial charge is 0.265 e. The first-order valence-corrected chi connectivity index (χ1v) is 6.61. The predicted molar refractivity (Wildman–Crippen MR) is 79.1 cm³/mol. The average molecular weight is 296 g/mol. The molecule has 21 heavy (non-hydrogen) atoms. The summed E-state index contributed by atoms with van der Waals surface area (Å²) in [7, 11) is 0. The number of hydrogen-bond acceptors (Lipinski definition) is 4. The SMILES string of the molecule is Cc1cc(Cl)ccc1-n1nnc(C#N)c1-c1ccncc1. The van der Waals surface area contributed by atoms with Crippen molar-refractivity contribution in [2.24, 2.45) is 0 Å². The van der Waals surface area contributed by atoms with Crippen LogP contribution >= 0.6 is 11.6 Å². The fourth-order valence-electron chi connectivity index (χ4n) is 2.15. The Morgan fingerprint density at radius 3 is 2.62 bits per heavy atom. The number of nitriles is 1. The summed E-state index contributed by atoms with van der Waals surface area (Å²) in [5.74, 6) is 0. The molecule has 0 radical (unpaired) electrons. The van der Waals surface area contributed by atoms with E-state index < -0.39 is 0 Å². The third-order valence-electron chi connectivity index (χ3n) is 3.12. The standard InChI is InChI=1S/C15H10ClN5/c1-10-8-12(16)2-3-14(10)21-15(13(9-17)19-20-21)11-4-6-18-7-5-11/h2-8H,1H3. The van der Waals surface area contributed by atoms with Crippen LogP contribution in [0.1, 0.15) is 11.3 Å². The van der Waals surface area contributed by atoms with Crippen LogP contribution in [0.25, 0.3) is 16.9 Å². The van der Waals surface area contributed by atoms with E-state index in [1.807, 2.05) is 31.2 Å². The summed E-state index contributed by atoms with van der Waals surface area (Å²) >= 11 is 5.99. The topological polar surface area (TPSA) is 67.4 Å². The number of nitrogens with zero attached hydrogens (tertiary/aromatic N) is 5. The van der Waals surface area contributed by atoms with Gasteiger partial charge in [0.05, 0.1) is 5.69 Å². The predicted octanol–water partition coefficient (Wildman–Crippen LogP) is 3.16. The van der Waals surface area contributed by atoms with E-state index in [0.717, 1.165) is 16.8 Å². The van der Waals surface area contributed by atoms with E-state index in [-0.39, 0.29) is 5.69 Å². The lowest BCUT2D eigenvalue weighted by molar-refractivity contribution is 0.802. The Labute approximate surface area is 126 Å². The highest BCUT2D eigenvalue weighted by Crippen LogP contribution is 2.26. The first kappa shape index (κ1) is 13.3. The van der Waals surface area contributed by atoms with Crippen molar-refractivity contribution in [3.8, 4) is 23.0 Å². The molecule has 0 saturated carbocycles. The third-order valence-corrected chi connectivity index (χ3v) is 3.35. The van der Waals surface area contributed by atoms with Gasteiger partial charge in [-0.2, -0.15) is 5.26 Å². The van der Waals surface area contributed by atoms with Gasteiger partial charge in [0.1, 0.15) is 11.8 Å². The van der Waals surface area contributed by atoms with Gasteiger partial charge in [-0.1, -0.05) is 16.8 Å². The van der Waals surface area contributed by atoms with Crippen LogP contribution in [0.15, 0.2) is 42.7 Å². The number of hydrogen-bond donors (Lipinski definition) is 0. The zero-order valence-corrected chi connectivity index (χ0v) is 11.9. The fourth-order valence-corrected chi connectivity index (χ4v) is 2.38. The minimum atomic E-state index is 0.274. The van der Waals surface area contributed by atoms with Crippen molar-refractivity contribution < 1.29 is 0 Å². The molecule has 0 N–H and O–H groups in total. The lowest BCUT2D eigenvalue weighted by Gasteiger charge is -2.09. The Balaban J connectivity index is 2.26. The van der Waals surface area contributed by atoms with Gasteiger partial charge in [0.15, 0.2) is 5.69 Å². The third kappa shape index (κ3) is 2.37. The highest BCUT2D eigenvalue weighted by atomic mass is 35.5. The molecule has 0 atom stereocenters. The normalized spacial score (nSPS) is 10.3. The Morgan fingerprint density at radius 1 is 1.19 bits per heavy atom. The molecule has 0 saturated heterocycles. The average Bonchev–Trinajstić information content (AvgIpc) is 2.92. The molecule has 0 amide bonds. The maximum Gasteiger partial charge on any atom is 0.191 e. The highest BCUT2D eigenvalue weighted by molar-refractivity contribution is 6.30. The maximum atomic E-state index is 9.25. The van der Waals surface area contributed by atoms with Crippen molar-refractivity contribution in [1.82, 2.24) is 20.0 Å². The lowest BCUT2D eigenvalue weighted by atomic mass is 10.1. The van der Waals surface area contributed by atoms with E-state index in [2.05, 4.69) is 21.4 Å². The molecule has 0 spiro atoms. The Hall–Kier alpha value is -2.71. The highest BCUT2D eigenvalue weighted by Gasteiger charge is 2.17. The molecule has 2 heterocycles. The zero-order valence-electron chi connectivity index (χ0n) is 11.2. The molecule has 0 unspecified atom stereocenters. The van der Waals surface area contributed by atoms with Gasteiger partial charge < -0.3 is 0 Å².